The molecule has 0 spiro atoms. The maximum absolute atomic E-state index is 10.9. The van der Waals surface area contributed by atoms with Gasteiger partial charge in [-0.1, -0.05) is 35.3 Å². The van der Waals surface area contributed by atoms with E-state index >= 15 is 0 Å². The minimum Gasteiger partial charge on any atom is -0.507 e. The van der Waals surface area contributed by atoms with Crippen LogP contribution in [0.2, 0.25) is 10.0 Å². The van der Waals surface area contributed by atoms with E-state index in [-0.39, 0.29) is 18.7 Å². The van der Waals surface area contributed by atoms with Crippen molar-refractivity contribution >= 4 is 34.8 Å². The molecule has 0 atom stereocenters. The van der Waals surface area contributed by atoms with Crippen molar-refractivity contribution in [3.05, 3.63) is 63.1 Å². The number of nitrogens with two attached hydrogens (primary N) is 1. The number of nitrogens with zero attached hydrogens (tertiary/aromatic N) is 1. The molecule has 0 saturated heterocycles. The summed E-state index contributed by atoms with van der Waals surface area (Å²) in [5.41, 5.74) is 7.60. The molecule has 0 aromatic heterocycles. The zero-order valence-electron chi connectivity index (χ0n) is 12.5. The fraction of sp³-hybridized carbons (Fsp3) is 0.176. The molecule has 2 aromatic rings. The Labute approximate surface area is 144 Å². The zero-order chi connectivity index (χ0) is 17.0. The number of benzene rings is 2. The highest BCUT2D eigenvalue weighted by molar-refractivity contribution is 6.32. The monoisotopic (exact) mass is 350 g/mol. The van der Waals surface area contributed by atoms with Gasteiger partial charge in [-0.15, -0.1) is 0 Å². The molecule has 0 aliphatic carbocycles. The SMILES string of the molecule is Cc1cc(Cl)cc(/C(=N/CCC(N)=O)c2ccc(Cl)cc2)c1O. The van der Waals surface area contributed by atoms with Crippen LogP contribution in [0.1, 0.15) is 23.1 Å². The molecule has 2 aromatic carbocycles. The lowest BCUT2D eigenvalue weighted by Crippen LogP contribution is -2.13. The number of phenols is 1. The summed E-state index contributed by atoms with van der Waals surface area (Å²) in [6.07, 6.45) is 0.122. The number of hydrogen-bond donors (Lipinski definition) is 2. The largest absolute Gasteiger partial charge is 0.507 e. The molecule has 23 heavy (non-hydrogen) atoms. The van der Waals surface area contributed by atoms with Crippen molar-refractivity contribution in [2.45, 2.75) is 13.3 Å². The second-order valence-electron chi connectivity index (χ2n) is 5.07. The summed E-state index contributed by atoms with van der Waals surface area (Å²) in [7, 11) is 0. The van der Waals surface area contributed by atoms with Crippen LogP contribution in [-0.4, -0.2) is 23.3 Å². The van der Waals surface area contributed by atoms with Crippen molar-refractivity contribution < 1.29 is 9.90 Å². The third kappa shape index (κ3) is 4.47. The first kappa shape index (κ1) is 17.3. The first-order valence-corrected chi connectivity index (χ1v) is 7.72. The number of rotatable bonds is 5. The Morgan fingerprint density at radius 3 is 2.43 bits per heavy atom. The van der Waals surface area contributed by atoms with Crippen molar-refractivity contribution in [2.24, 2.45) is 10.7 Å². The maximum atomic E-state index is 10.9. The average Bonchev–Trinajstić information content (AvgIpc) is 2.49. The van der Waals surface area contributed by atoms with Gasteiger partial charge in [-0.3, -0.25) is 9.79 Å². The van der Waals surface area contributed by atoms with E-state index in [1.807, 2.05) is 0 Å². The predicted molar refractivity (Wildman–Crippen MR) is 93.6 cm³/mol. The zero-order valence-corrected chi connectivity index (χ0v) is 14.0. The number of amides is 1. The minimum atomic E-state index is -0.435. The number of phenolic OH excluding ortho intramolecular Hbond substituents is 1. The standard InChI is InChI=1S/C17H16Cl2N2O2/c1-10-8-13(19)9-14(17(10)23)16(21-7-6-15(20)22)11-2-4-12(18)5-3-11/h2-5,8-9,23H,6-7H2,1H3,(H2,20,22)/b21-16+. The lowest BCUT2D eigenvalue weighted by atomic mass is 9.99. The van der Waals surface area contributed by atoms with Gasteiger partial charge in [0.1, 0.15) is 5.75 Å². The topological polar surface area (TPSA) is 75.7 Å². The molecule has 120 valence electrons. The Morgan fingerprint density at radius 1 is 1.17 bits per heavy atom. The van der Waals surface area contributed by atoms with E-state index < -0.39 is 5.91 Å². The molecule has 0 unspecified atom stereocenters. The molecule has 3 N–H and O–H groups in total. The van der Waals surface area contributed by atoms with Crippen LogP contribution in [0.3, 0.4) is 0 Å². The summed E-state index contributed by atoms with van der Waals surface area (Å²) in [4.78, 5) is 15.4. The van der Waals surface area contributed by atoms with Gasteiger partial charge in [0.25, 0.3) is 0 Å². The van der Waals surface area contributed by atoms with E-state index in [1.165, 1.54) is 0 Å². The summed E-state index contributed by atoms with van der Waals surface area (Å²) in [5.74, 6) is -0.335. The third-order valence-corrected chi connectivity index (χ3v) is 3.74. The molecule has 4 nitrogen and oxygen atoms in total. The number of aliphatic imine (C=N–C) groups is 1. The van der Waals surface area contributed by atoms with Crippen LogP contribution in [-0.2, 0) is 4.79 Å². The van der Waals surface area contributed by atoms with Gasteiger partial charge in [-0.05, 0) is 36.8 Å². The summed E-state index contributed by atoms with van der Waals surface area (Å²) < 4.78 is 0. The fourth-order valence-electron chi connectivity index (χ4n) is 2.13. The molecule has 0 saturated carbocycles. The highest BCUT2D eigenvalue weighted by Gasteiger charge is 2.15. The average molecular weight is 351 g/mol. The van der Waals surface area contributed by atoms with Gasteiger partial charge < -0.3 is 10.8 Å². The summed E-state index contributed by atoms with van der Waals surface area (Å²) in [5, 5.41) is 11.4. The number of carbonyl (C=O) groups is 1. The van der Waals surface area contributed by atoms with E-state index in [0.29, 0.717) is 26.9 Å². The van der Waals surface area contributed by atoms with Crippen molar-refractivity contribution in [2.75, 3.05) is 6.54 Å². The number of halogens is 2. The highest BCUT2D eigenvalue weighted by atomic mass is 35.5. The summed E-state index contributed by atoms with van der Waals surface area (Å²) in [6.45, 7) is 1.98. The van der Waals surface area contributed by atoms with Crippen LogP contribution in [0.4, 0.5) is 0 Å². The predicted octanol–water partition coefficient (Wildman–Crippen LogP) is 3.72. The van der Waals surface area contributed by atoms with E-state index in [2.05, 4.69) is 4.99 Å². The van der Waals surface area contributed by atoms with Crippen molar-refractivity contribution in [1.29, 1.82) is 0 Å². The molecule has 0 radical (unpaired) electrons. The molecule has 0 aliphatic heterocycles. The smallest absolute Gasteiger partial charge is 0.219 e. The number of hydrogen-bond acceptors (Lipinski definition) is 3. The van der Waals surface area contributed by atoms with Crippen LogP contribution < -0.4 is 5.73 Å². The lowest BCUT2D eigenvalue weighted by Gasteiger charge is -2.12. The first-order valence-electron chi connectivity index (χ1n) is 6.96. The van der Waals surface area contributed by atoms with Crippen LogP contribution in [0.5, 0.6) is 5.75 Å². The summed E-state index contributed by atoms with van der Waals surface area (Å²) in [6, 6.07) is 10.4. The quantitative estimate of drug-likeness (QED) is 0.806. The van der Waals surface area contributed by atoms with Gasteiger partial charge in [0.15, 0.2) is 0 Å². The van der Waals surface area contributed by atoms with E-state index in [0.717, 1.165) is 5.56 Å². The normalized spacial score (nSPS) is 11.5. The van der Waals surface area contributed by atoms with Gasteiger partial charge in [0.05, 0.1) is 5.71 Å². The van der Waals surface area contributed by atoms with Crippen LogP contribution in [0, 0.1) is 6.92 Å². The van der Waals surface area contributed by atoms with E-state index in [1.54, 1.807) is 43.3 Å². The van der Waals surface area contributed by atoms with Gasteiger partial charge in [0.2, 0.25) is 5.91 Å². The Balaban J connectivity index is 2.53. The van der Waals surface area contributed by atoms with Crippen molar-refractivity contribution in [3.8, 4) is 5.75 Å². The fourth-order valence-corrected chi connectivity index (χ4v) is 2.53. The van der Waals surface area contributed by atoms with Crippen molar-refractivity contribution in [1.82, 2.24) is 0 Å². The molecule has 0 bridgehead atoms. The van der Waals surface area contributed by atoms with Gasteiger partial charge in [-0.25, -0.2) is 0 Å². The third-order valence-electron chi connectivity index (χ3n) is 3.27. The molecule has 0 heterocycles. The molecule has 6 heteroatoms. The molecule has 1 amide bonds. The molecule has 0 aliphatic rings. The van der Waals surface area contributed by atoms with Crippen molar-refractivity contribution in [3.63, 3.8) is 0 Å². The number of carbonyl (C=O) groups excluding carboxylic acids is 1. The highest BCUT2D eigenvalue weighted by Crippen LogP contribution is 2.29. The first-order chi connectivity index (χ1) is 10.9. The Hall–Kier alpha value is -2.04. The van der Waals surface area contributed by atoms with Crippen LogP contribution in [0.25, 0.3) is 0 Å². The van der Waals surface area contributed by atoms with E-state index in [4.69, 9.17) is 28.9 Å². The second kappa shape index (κ2) is 7.49. The lowest BCUT2D eigenvalue weighted by molar-refractivity contribution is -0.117. The van der Waals surface area contributed by atoms with Gasteiger partial charge in [0, 0.05) is 34.1 Å². The Bertz CT molecular complexity index is 756. The number of aromatic hydroxyl groups is 1. The Morgan fingerprint density at radius 2 is 1.83 bits per heavy atom. The maximum Gasteiger partial charge on any atom is 0.219 e. The molecule has 0 fully saturated rings. The molecular formula is C17H16Cl2N2O2. The van der Waals surface area contributed by atoms with Crippen LogP contribution >= 0.6 is 23.2 Å². The van der Waals surface area contributed by atoms with E-state index in [9.17, 15) is 9.90 Å². The molecular weight excluding hydrogens is 335 g/mol. The number of primary amides is 1. The minimum absolute atomic E-state index is 0.0992. The second-order valence-corrected chi connectivity index (χ2v) is 5.95. The number of aryl methyl sites for hydroxylation is 1. The summed E-state index contributed by atoms with van der Waals surface area (Å²) >= 11 is 12.0. The van der Waals surface area contributed by atoms with Gasteiger partial charge >= 0.3 is 0 Å². The van der Waals surface area contributed by atoms with Gasteiger partial charge in [-0.2, -0.15) is 0 Å². The molecule has 2 rings (SSSR count). The van der Waals surface area contributed by atoms with Crippen LogP contribution in [0.15, 0.2) is 41.4 Å². The Kier molecular flexibility index (Phi) is 5.64.